The zero-order chi connectivity index (χ0) is 12.3. The molecule has 1 aliphatic heterocycles. The van der Waals surface area contributed by atoms with Crippen LogP contribution < -0.4 is 10.6 Å². The molecule has 2 rings (SSSR count). The van der Waals surface area contributed by atoms with Gasteiger partial charge in [-0.1, -0.05) is 22.0 Å². The van der Waals surface area contributed by atoms with Gasteiger partial charge in [0.25, 0.3) is 0 Å². The van der Waals surface area contributed by atoms with Gasteiger partial charge in [-0.15, -0.1) is 0 Å². The normalized spacial score (nSPS) is 20.6. The van der Waals surface area contributed by atoms with Crippen LogP contribution in [0.1, 0.15) is 18.4 Å². The predicted molar refractivity (Wildman–Crippen MR) is 74.3 cm³/mol. The lowest BCUT2D eigenvalue weighted by Gasteiger charge is -2.35. The van der Waals surface area contributed by atoms with Crippen LogP contribution in [0.5, 0.6) is 0 Å². The first-order chi connectivity index (χ1) is 8.26. The Morgan fingerprint density at radius 1 is 1.53 bits per heavy atom. The van der Waals surface area contributed by atoms with Crippen LogP contribution in [-0.2, 0) is 11.3 Å². The third-order valence-electron chi connectivity index (χ3n) is 3.35. The first kappa shape index (κ1) is 12.9. The molecule has 0 radical (unpaired) electrons. The highest BCUT2D eigenvalue weighted by atomic mass is 79.9. The fourth-order valence-corrected chi connectivity index (χ4v) is 2.91. The van der Waals surface area contributed by atoms with E-state index in [-0.39, 0.29) is 0 Å². The number of benzene rings is 1. The van der Waals surface area contributed by atoms with Crippen molar-refractivity contribution in [3.8, 4) is 0 Å². The van der Waals surface area contributed by atoms with Gasteiger partial charge in [0.1, 0.15) is 0 Å². The molecule has 1 aromatic carbocycles. The molecule has 1 fully saturated rings. The molecular formula is C13H19BrN2O. The van der Waals surface area contributed by atoms with Gasteiger partial charge in [-0.05, 0) is 25.0 Å². The fourth-order valence-electron chi connectivity index (χ4n) is 2.40. The number of nitrogens with two attached hydrogens (primary N) is 1. The Balaban J connectivity index is 2.24. The zero-order valence-corrected chi connectivity index (χ0v) is 11.7. The van der Waals surface area contributed by atoms with Gasteiger partial charge < -0.3 is 15.4 Å². The SMILES string of the molecule is COC1CCCN(c2cccc(Br)c2CN)C1. The van der Waals surface area contributed by atoms with Gasteiger partial charge in [0, 0.05) is 42.5 Å². The standard InChI is InChI=1S/C13H19BrN2O/c1-17-10-4-3-7-16(9-10)13-6-2-5-12(14)11(13)8-15/h2,5-6,10H,3-4,7-9,15H2,1H3. The summed E-state index contributed by atoms with van der Waals surface area (Å²) in [5, 5.41) is 0. The lowest BCUT2D eigenvalue weighted by Crippen LogP contribution is -2.39. The minimum absolute atomic E-state index is 0.341. The van der Waals surface area contributed by atoms with Crippen molar-refractivity contribution < 1.29 is 4.74 Å². The molecule has 1 unspecified atom stereocenters. The van der Waals surface area contributed by atoms with Crippen molar-refractivity contribution in [1.82, 2.24) is 0 Å². The molecule has 2 N–H and O–H groups in total. The van der Waals surface area contributed by atoms with Crippen LogP contribution in [0.2, 0.25) is 0 Å². The van der Waals surface area contributed by atoms with Gasteiger partial charge in [-0.2, -0.15) is 0 Å². The number of rotatable bonds is 3. The molecule has 1 heterocycles. The van der Waals surface area contributed by atoms with Crippen LogP contribution >= 0.6 is 15.9 Å². The highest BCUT2D eigenvalue weighted by Gasteiger charge is 2.21. The van der Waals surface area contributed by atoms with Gasteiger partial charge in [-0.25, -0.2) is 0 Å². The summed E-state index contributed by atoms with van der Waals surface area (Å²) in [4.78, 5) is 2.38. The molecular weight excluding hydrogens is 280 g/mol. The van der Waals surface area contributed by atoms with E-state index in [1.54, 1.807) is 7.11 Å². The Labute approximate surface area is 111 Å². The molecule has 0 aromatic heterocycles. The summed E-state index contributed by atoms with van der Waals surface area (Å²) in [6.07, 6.45) is 2.67. The molecule has 3 nitrogen and oxygen atoms in total. The first-order valence-corrected chi connectivity index (χ1v) is 6.80. The van der Waals surface area contributed by atoms with Crippen molar-refractivity contribution in [2.24, 2.45) is 5.73 Å². The maximum atomic E-state index is 5.84. The van der Waals surface area contributed by atoms with Gasteiger partial charge >= 0.3 is 0 Å². The number of hydrogen-bond donors (Lipinski definition) is 1. The van der Waals surface area contributed by atoms with Gasteiger partial charge in [0.2, 0.25) is 0 Å². The Bertz CT molecular complexity index is 384. The molecule has 1 aliphatic rings. The Morgan fingerprint density at radius 2 is 2.35 bits per heavy atom. The van der Waals surface area contributed by atoms with Crippen LogP contribution in [0.25, 0.3) is 0 Å². The minimum atomic E-state index is 0.341. The summed E-state index contributed by atoms with van der Waals surface area (Å²) in [6.45, 7) is 2.61. The number of halogens is 1. The highest BCUT2D eigenvalue weighted by Crippen LogP contribution is 2.29. The second kappa shape index (κ2) is 5.85. The minimum Gasteiger partial charge on any atom is -0.380 e. The number of anilines is 1. The van der Waals surface area contributed by atoms with E-state index < -0.39 is 0 Å². The summed E-state index contributed by atoms with van der Waals surface area (Å²) >= 11 is 3.57. The zero-order valence-electron chi connectivity index (χ0n) is 10.2. The summed E-state index contributed by atoms with van der Waals surface area (Å²) in [5.74, 6) is 0. The van der Waals surface area contributed by atoms with Crippen molar-refractivity contribution in [3.05, 3.63) is 28.2 Å². The molecule has 0 amide bonds. The molecule has 0 bridgehead atoms. The van der Waals surface area contributed by atoms with E-state index in [1.807, 2.05) is 6.07 Å². The van der Waals surface area contributed by atoms with Gasteiger partial charge in [-0.3, -0.25) is 0 Å². The summed E-state index contributed by atoms with van der Waals surface area (Å²) in [7, 11) is 1.79. The van der Waals surface area contributed by atoms with E-state index in [4.69, 9.17) is 10.5 Å². The van der Waals surface area contributed by atoms with Crippen molar-refractivity contribution in [2.45, 2.75) is 25.5 Å². The second-order valence-corrected chi connectivity index (χ2v) is 5.24. The monoisotopic (exact) mass is 298 g/mol. The molecule has 4 heteroatoms. The van der Waals surface area contributed by atoms with Gasteiger partial charge in [0.05, 0.1) is 6.10 Å². The lowest BCUT2D eigenvalue weighted by molar-refractivity contribution is 0.0893. The Hall–Kier alpha value is -0.580. The van der Waals surface area contributed by atoms with Crippen LogP contribution in [0.15, 0.2) is 22.7 Å². The average Bonchev–Trinajstić information content (AvgIpc) is 2.38. The van der Waals surface area contributed by atoms with E-state index >= 15 is 0 Å². The van der Waals surface area contributed by atoms with Crippen molar-refractivity contribution >= 4 is 21.6 Å². The third-order valence-corrected chi connectivity index (χ3v) is 4.09. The maximum Gasteiger partial charge on any atom is 0.0746 e. The lowest BCUT2D eigenvalue weighted by atomic mass is 10.1. The molecule has 1 aromatic rings. The molecule has 94 valence electrons. The van der Waals surface area contributed by atoms with E-state index in [0.29, 0.717) is 12.6 Å². The number of piperidine rings is 1. The molecule has 0 spiro atoms. The van der Waals surface area contributed by atoms with Crippen molar-refractivity contribution in [3.63, 3.8) is 0 Å². The molecule has 17 heavy (non-hydrogen) atoms. The van der Waals surface area contributed by atoms with Crippen LogP contribution in [0.3, 0.4) is 0 Å². The average molecular weight is 299 g/mol. The number of ether oxygens (including phenoxy) is 1. The van der Waals surface area contributed by atoms with Crippen LogP contribution in [0, 0.1) is 0 Å². The maximum absolute atomic E-state index is 5.84. The second-order valence-electron chi connectivity index (χ2n) is 4.39. The van der Waals surface area contributed by atoms with E-state index in [2.05, 4.69) is 33.0 Å². The number of nitrogens with zero attached hydrogens (tertiary/aromatic N) is 1. The molecule has 0 saturated carbocycles. The summed E-state index contributed by atoms with van der Waals surface area (Å²) in [6, 6.07) is 6.25. The Kier molecular flexibility index (Phi) is 4.42. The fraction of sp³-hybridized carbons (Fsp3) is 0.538. The molecule has 0 aliphatic carbocycles. The Morgan fingerprint density at radius 3 is 3.06 bits per heavy atom. The molecule has 1 saturated heterocycles. The number of hydrogen-bond acceptors (Lipinski definition) is 3. The quantitative estimate of drug-likeness (QED) is 0.932. The van der Waals surface area contributed by atoms with E-state index in [1.165, 1.54) is 17.7 Å². The topological polar surface area (TPSA) is 38.5 Å². The highest BCUT2D eigenvalue weighted by molar-refractivity contribution is 9.10. The third kappa shape index (κ3) is 2.81. The number of methoxy groups -OCH3 is 1. The van der Waals surface area contributed by atoms with Crippen LogP contribution in [0.4, 0.5) is 5.69 Å². The predicted octanol–water partition coefficient (Wildman–Crippen LogP) is 2.52. The van der Waals surface area contributed by atoms with Gasteiger partial charge in [0.15, 0.2) is 0 Å². The largest absolute Gasteiger partial charge is 0.380 e. The van der Waals surface area contributed by atoms with Crippen LogP contribution in [-0.4, -0.2) is 26.3 Å². The first-order valence-electron chi connectivity index (χ1n) is 6.01. The van der Waals surface area contributed by atoms with Crippen molar-refractivity contribution in [1.29, 1.82) is 0 Å². The molecule has 1 atom stereocenters. The summed E-state index contributed by atoms with van der Waals surface area (Å²) in [5.41, 5.74) is 8.26. The van der Waals surface area contributed by atoms with Crippen molar-refractivity contribution in [2.75, 3.05) is 25.1 Å². The smallest absolute Gasteiger partial charge is 0.0746 e. The summed E-state index contributed by atoms with van der Waals surface area (Å²) < 4.78 is 6.56. The van der Waals surface area contributed by atoms with E-state index in [9.17, 15) is 0 Å². The van der Waals surface area contributed by atoms with E-state index in [0.717, 1.165) is 24.0 Å².